The van der Waals surface area contributed by atoms with Crippen LogP contribution in [-0.4, -0.2) is 67.7 Å². The minimum absolute atomic E-state index is 0.411. The number of H-pyrrole nitrogens is 1. The predicted molar refractivity (Wildman–Crippen MR) is 167 cm³/mol. The molecule has 2 aromatic heterocycles. The van der Waals surface area contributed by atoms with Gasteiger partial charge >= 0.3 is 0 Å². The third-order valence-electron chi connectivity index (χ3n) is 6.52. The number of aromatic amines is 1. The molecule has 0 saturated heterocycles. The molecule has 3 heterocycles. The lowest BCUT2D eigenvalue weighted by molar-refractivity contribution is 0.0573. The molecule has 1 aliphatic heterocycles. The number of anilines is 2. The fourth-order valence-electron chi connectivity index (χ4n) is 4.41. The molecule has 5 N–H and O–H groups in total. The first kappa shape index (κ1) is 29.6. The number of imidazole rings is 1. The largest absolute Gasteiger partial charge is 0.494 e. The Morgan fingerprint density at radius 2 is 1.60 bits per heavy atom. The zero-order chi connectivity index (χ0) is 29.9. The van der Waals surface area contributed by atoms with Crippen LogP contribution in [0.3, 0.4) is 0 Å². The van der Waals surface area contributed by atoms with Crippen molar-refractivity contribution in [3.05, 3.63) is 78.3 Å². The van der Waals surface area contributed by atoms with Gasteiger partial charge in [-0.05, 0) is 62.4 Å². The quantitative estimate of drug-likeness (QED) is 0.106. The smallest absolute Gasteiger partial charge is 0.157 e. The van der Waals surface area contributed by atoms with Crippen molar-refractivity contribution in [2.45, 2.75) is 13.8 Å². The number of dihydropyridines is 1. The maximum absolute atomic E-state index is 6.12. The standard InChI is InChI=1S/C32H38N6O5/c1-3-40-23-7-10-28(27(33)17-23)35-19-22-5-6-25(20-34-22)42-15-13-39-14-16-43-26-9-12-30(36-21-26)32-37-29-11-8-24(41-4-2)18-31(29)38-32/h5-12,17-18,21,34-35H,3-4,13-16,19-20,33H2,1-2H3,(H,37,38). The molecule has 11 nitrogen and oxygen atoms in total. The van der Waals surface area contributed by atoms with Gasteiger partial charge in [0.1, 0.15) is 41.9 Å². The van der Waals surface area contributed by atoms with Gasteiger partial charge in [0.2, 0.25) is 0 Å². The number of benzene rings is 2. The third-order valence-corrected chi connectivity index (χ3v) is 6.52. The van der Waals surface area contributed by atoms with Gasteiger partial charge in [-0.15, -0.1) is 0 Å². The number of aromatic nitrogens is 3. The Labute approximate surface area is 251 Å². The van der Waals surface area contributed by atoms with Gasteiger partial charge in [0.25, 0.3) is 0 Å². The lowest BCUT2D eigenvalue weighted by Gasteiger charge is -2.19. The van der Waals surface area contributed by atoms with Crippen LogP contribution in [0.25, 0.3) is 22.6 Å². The topological polar surface area (TPSA) is 138 Å². The molecule has 0 atom stereocenters. The molecule has 0 saturated carbocycles. The molecule has 0 bridgehead atoms. The van der Waals surface area contributed by atoms with Gasteiger partial charge in [0.05, 0.1) is 68.1 Å². The van der Waals surface area contributed by atoms with Crippen molar-refractivity contribution < 1.29 is 23.7 Å². The molecule has 0 amide bonds. The van der Waals surface area contributed by atoms with Crippen LogP contribution in [0.15, 0.2) is 78.3 Å². The van der Waals surface area contributed by atoms with Crippen molar-refractivity contribution in [2.24, 2.45) is 0 Å². The van der Waals surface area contributed by atoms with Crippen LogP contribution in [0, 0.1) is 0 Å². The zero-order valence-electron chi connectivity index (χ0n) is 24.5. The molecule has 4 aromatic rings. The number of allylic oxidation sites excluding steroid dienone is 2. The number of fused-ring (bicyclic) bond motifs is 1. The van der Waals surface area contributed by atoms with E-state index in [1.54, 1.807) is 6.20 Å². The van der Waals surface area contributed by atoms with Crippen molar-refractivity contribution in [1.29, 1.82) is 0 Å². The Hall–Kier alpha value is -4.90. The van der Waals surface area contributed by atoms with E-state index in [-0.39, 0.29) is 0 Å². The fourth-order valence-corrected chi connectivity index (χ4v) is 4.41. The van der Waals surface area contributed by atoms with Crippen molar-refractivity contribution in [3.63, 3.8) is 0 Å². The second-order valence-corrected chi connectivity index (χ2v) is 9.60. The summed E-state index contributed by atoms with van der Waals surface area (Å²) in [5, 5.41) is 6.71. The number of hydrogen-bond donors (Lipinski definition) is 4. The first-order valence-electron chi connectivity index (χ1n) is 14.4. The number of pyridine rings is 1. The van der Waals surface area contributed by atoms with Crippen molar-refractivity contribution in [2.75, 3.05) is 63.8 Å². The van der Waals surface area contributed by atoms with Crippen LogP contribution in [0.5, 0.6) is 17.2 Å². The van der Waals surface area contributed by atoms with Crippen molar-refractivity contribution in [1.82, 2.24) is 20.3 Å². The van der Waals surface area contributed by atoms with Crippen LogP contribution in [0.4, 0.5) is 11.4 Å². The first-order valence-corrected chi connectivity index (χ1v) is 14.4. The molecular formula is C32H38N6O5. The normalized spacial score (nSPS) is 12.7. The second kappa shape index (κ2) is 14.8. The number of nitrogens with two attached hydrogens (primary N) is 1. The minimum Gasteiger partial charge on any atom is -0.494 e. The van der Waals surface area contributed by atoms with E-state index < -0.39 is 0 Å². The minimum atomic E-state index is 0.411. The van der Waals surface area contributed by atoms with E-state index in [0.717, 1.165) is 45.4 Å². The summed E-state index contributed by atoms with van der Waals surface area (Å²) in [6.45, 7) is 8.14. The number of nitrogens with one attached hydrogen (secondary N) is 3. The van der Waals surface area contributed by atoms with Crippen LogP contribution < -0.4 is 30.6 Å². The average Bonchev–Trinajstić information content (AvgIpc) is 3.45. The molecule has 0 radical (unpaired) electrons. The SMILES string of the molecule is CCOc1ccc(NCC2=CC=C(OCCOCCOc3ccc(-c4nc5ccc(OCC)cc5[nH]4)nc3)CN2)c(N)c1. The van der Waals surface area contributed by atoms with Gasteiger partial charge in [-0.3, -0.25) is 0 Å². The highest BCUT2D eigenvalue weighted by molar-refractivity contribution is 5.80. The maximum atomic E-state index is 6.12. The summed E-state index contributed by atoms with van der Waals surface area (Å²) < 4.78 is 28.3. The number of nitrogens with zero attached hydrogens (tertiary/aromatic N) is 2. The number of rotatable bonds is 16. The molecule has 0 unspecified atom stereocenters. The van der Waals surface area contributed by atoms with Crippen LogP contribution in [0.2, 0.25) is 0 Å². The lowest BCUT2D eigenvalue weighted by atomic mass is 10.2. The van der Waals surface area contributed by atoms with Gasteiger partial charge in [-0.25, -0.2) is 9.97 Å². The Bertz CT molecular complexity index is 1550. The summed E-state index contributed by atoms with van der Waals surface area (Å²) >= 11 is 0. The molecule has 0 fully saturated rings. The zero-order valence-corrected chi connectivity index (χ0v) is 24.5. The average molecular weight is 587 g/mol. The Morgan fingerprint density at radius 3 is 2.33 bits per heavy atom. The fraction of sp³-hybridized carbons (Fsp3) is 0.312. The van der Waals surface area contributed by atoms with E-state index in [1.807, 2.05) is 74.5 Å². The van der Waals surface area contributed by atoms with E-state index in [2.05, 4.69) is 25.6 Å². The van der Waals surface area contributed by atoms with E-state index in [0.29, 0.717) is 70.0 Å². The Balaban J connectivity index is 0.965. The molecule has 2 aromatic carbocycles. The van der Waals surface area contributed by atoms with Crippen LogP contribution >= 0.6 is 0 Å². The summed E-state index contributed by atoms with van der Waals surface area (Å²) in [4.78, 5) is 12.4. The highest BCUT2D eigenvalue weighted by Gasteiger charge is 2.10. The highest BCUT2D eigenvalue weighted by Crippen LogP contribution is 2.25. The van der Waals surface area contributed by atoms with Crippen LogP contribution in [-0.2, 0) is 9.47 Å². The summed E-state index contributed by atoms with van der Waals surface area (Å²) in [7, 11) is 0. The van der Waals surface area contributed by atoms with Gasteiger partial charge in [-0.1, -0.05) is 0 Å². The van der Waals surface area contributed by atoms with Crippen LogP contribution in [0.1, 0.15) is 13.8 Å². The molecular weight excluding hydrogens is 548 g/mol. The van der Waals surface area contributed by atoms with E-state index in [4.69, 9.17) is 29.4 Å². The molecule has 0 aliphatic carbocycles. The first-order chi connectivity index (χ1) is 21.1. The van der Waals surface area contributed by atoms with Gasteiger partial charge in [-0.2, -0.15) is 0 Å². The highest BCUT2D eigenvalue weighted by atomic mass is 16.5. The predicted octanol–water partition coefficient (Wildman–Crippen LogP) is 4.90. The molecule has 0 spiro atoms. The number of nitrogen functional groups attached to an aromatic ring is 1. The molecule has 43 heavy (non-hydrogen) atoms. The summed E-state index contributed by atoms with van der Waals surface area (Å²) in [5.74, 6) is 3.79. The second-order valence-electron chi connectivity index (χ2n) is 9.60. The number of hydrogen-bond acceptors (Lipinski definition) is 10. The third kappa shape index (κ3) is 8.32. The van der Waals surface area contributed by atoms with E-state index in [1.165, 1.54) is 0 Å². The molecule has 5 rings (SSSR count). The van der Waals surface area contributed by atoms with Crippen molar-refractivity contribution >= 4 is 22.4 Å². The molecule has 11 heteroatoms. The Morgan fingerprint density at radius 1 is 0.837 bits per heavy atom. The lowest BCUT2D eigenvalue weighted by Crippen LogP contribution is -2.26. The van der Waals surface area contributed by atoms with E-state index in [9.17, 15) is 0 Å². The summed E-state index contributed by atoms with van der Waals surface area (Å²) in [6, 6.07) is 15.2. The summed E-state index contributed by atoms with van der Waals surface area (Å²) in [5.41, 5.74) is 11.2. The molecule has 226 valence electrons. The number of ether oxygens (including phenoxy) is 5. The van der Waals surface area contributed by atoms with E-state index >= 15 is 0 Å². The van der Waals surface area contributed by atoms with Gasteiger partial charge in [0, 0.05) is 17.8 Å². The Kier molecular flexibility index (Phi) is 10.2. The van der Waals surface area contributed by atoms with Crippen molar-refractivity contribution in [3.8, 4) is 28.8 Å². The molecule has 1 aliphatic rings. The maximum Gasteiger partial charge on any atom is 0.157 e. The summed E-state index contributed by atoms with van der Waals surface area (Å²) in [6.07, 6.45) is 5.65. The van der Waals surface area contributed by atoms with Gasteiger partial charge < -0.3 is 45.0 Å². The monoisotopic (exact) mass is 586 g/mol. The van der Waals surface area contributed by atoms with Gasteiger partial charge in [0.15, 0.2) is 5.82 Å².